The van der Waals surface area contributed by atoms with Gasteiger partial charge >= 0.3 is 6.03 Å². The number of amides is 2. The minimum absolute atomic E-state index is 0.107. The van der Waals surface area contributed by atoms with Crippen LogP contribution in [0, 0.1) is 0 Å². The summed E-state index contributed by atoms with van der Waals surface area (Å²) in [4.78, 5) is 22.6. The summed E-state index contributed by atoms with van der Waals surface area (Å²) in [5, 5.41) is 2.93. The van der Waals surface area contributed by atoms with Crippen LogP contribution in [0.15, 0.2) is 48.9 Å². The summed E-state index contributed by atoms with van der Waals surface area (Å²) in [5.41, 5.74) is 2.51. The van der Waals surface area contributed by atoms with Gasteiger partial charge in [-0.05, 0) is 57.0 Å². The van der Waals surface area contributed by atoms with Gasteiger partial charge in [-0.25, -0.2) is 4.79 Å². The highest BCUT2D eigenvalue weighted by molar-refractivity contribution is 5.90. The molecule has 1 N–H and O–H groups in total. The van der Waals surface area contributed by atoms with Crippen molar-refractivity contribution in [2.24, 2.45) is 0 Å². The average Bonchev–Trinajstić information content (AvgIpc) is 2.63. The van der Waals surface area contributed by atoms with Gasteiger partial charge in [0, 0.05) is 31.2 Å². The lowest BCUT2D eigenvalue weighted by Crippen LogP contribution is -2.37. The summed E-state index contributed by atoms with van der Waals surface area (Å²) in [6, 6.07) is 7.32. The van der Waals surface area contributed by atoms with Gasteiger partial charge in [0.1, 0.15) is 11.4 Å². The maximum absolute atomic E-state index is 12.5. The molecule has 0 atom stereocenters. The monoisotopic (exact) mass is 352 g/mol. The largest absolute Gasteiger partial charge is 0.488 e. The SMILES string of the molecule is CC(C)(C)Oc1ccc(NC(=O)N2CC=C(c3cnccn3)CC2)cc1. The number of carbonyl (C=O) groups is 1. The van der Waals surface area contributed by atoms with Crippen LogP contribution in [0.2, 0.25) is 0 Å². The second kappa shape index (κ2) is 7.56. The molecule has 0 unspecified atom stereocenters. The van der Waals surface area contributed by atoms with E-state index in [-0.39, 0.29) is 11.6 Å². The Balaban J connectivity index is 1.57. The highest BCUT2D eigenvalue weighted by Gasteiger charge is 2.19. The highest BCUT2D eigenvalue weighted by atomic mass is 16.5. The number of nitrogens with one attached hydrogen (secondary N) is 1. The van der Waals surface area contributed by atoms with Crippen molar-refractivity contribution >= 4 is 17.3 Å². The number of ether oxygens (including phenoxy) is 1. The standard InChI is InChI=1S/C20H24N4O2/c1-20(2,3)26-17-6-4-16(5-7-17)23-19(25)24-12-8-15(9-13-24)18-14-21-10-11-22-18/h4-8,10-11,14H,9,12-13H2,1-3H3,(H,23,25). The molecule has 6 heteroatoms. The third kappa shape index (κ3) is 4.81. The summed E-state index contributed by atoms with van der Waals surface area (Å²) in [5.74, 6) is 0.782. The molecule has 3 rings (SSSR count). The van der Waals surface area contributed by atoms with Crippen molar-refractivity contribution in [1.29, 1.82) is 0 Å². The Morgan fingerprint density at radius 2 is 1.96 bits per heavy atom. The Bertz CT molecular complexity index is 780. The maximum Gasteiger partial charge on any atom is 0.322 e. The topological polar surface area (TPSA) is 67.3 Å². The zero-order chi connectivity index (χ0) is 18.6. The van der Waals surface area contributed by atoms with E-state index in [1.165, 1.54) is 0 Å². The normalized spacial score (nSPS) is 14.6. The van der Waals surface area contributed by atoms with Crippen molar-refractivity contribution in [1.82, 2.24) is 14.9 Å². The molecule has 0 radical (unpaired) electrons. The Kier molecular flexibility index (Phi) is 5.21. The van der Waals surface area contributed by atoms with Gasteiger partial charge in [0.05, 0.1) is 11.9 Å². The number of benzene rings is 1. The molecule has 2 heterocycles. The van der Waals surface area contributed by atoms with Crippen LogP contribution in [-0.2, 0) is 0 Å². The molecule has 0 saturated carbocycles. The van der Waals surface area contributed by atoms with Crippen molar-refractivity contribution < 1.29 is 9.53 Å². The van der Waals surface area contributed by atoms with Crippen LogP contribution in [-0.4, -0.2) is 39.6 Å². The van der Waals surface area contributed by atoms with E-state index in [0.717, 1.165) is 29.1 Å². The first-order chi connectivity index (χ1) is 12.4. The second-order valence-electron chi connectivity index (χ2n) is 7.18. The average molecular weight is 352 g/mol. The quantitative estimate of drug-likeness (QED) is 0.907. The Labute approximate surface area is 153 Å². The molecule has 0 fully saturated rings. The molecule has 2 amide bonds. The number of hydrogen-bond donors (Lipinski definition) is 1. The van der Waals surface area contributed by atoms with Crippen molar-refractivity contribution in [2.45, 2.75) is 32.8 Å². The molecule has 1 aromatic heterocycles. The predicted octanol–water partition coefficient (Wildman–Crippen LogP) is 3.98. The van der Waals surface area contributed by atoms with E-state index in [2.05, 4.69) is 15.3 Å². The third-order valence-electron chi connectivity index (χ3n) is 3.92. The number of aromatic nitrogens is 2. The number of urea groups is 1. The molecule has 2 aromatic rings. The van der Waals surface area contributed by atoms with E-state index < -0.39 is 0 Å². The fourth-order valence-electron chi connectivity index (χ4n) is 2.71. The molecule has 6 nitrogen and oxygen atoms in total. The molecular formula is C20H24N4O2. The minimum atomic E-state index is -0.244. The van der Waals surface area contributed by atoms with E-state index in [4.69, 9.17) is 4.74 Å². The van der Waals surface area contributed by atoms with Crippen LogP contribution in [0.25, 0.3) is 5.57 Å². The number of hydrogen-bond acceptors (Lipinski definition) is 4. The van der Waals surface area contributed by atoms with Gasteiger partial charge in [-0.1, -0.05) is 6.08 Å². The van der Waals surface area contributed by atoms with E-state index in [0.29, 0.717) is 13.1 Å². The number of rotatable bonds is 3. The molecule has 0 spiro atoms. The Morgan fingerprint density at radius 3 is 2.54 bits per heavy atom. The van der Waals surface area contributed by atoms with E-state index in [9.17, 15) is 4.79 Å². The number of nitrogens with zero attached hydrogens (tertiary/aromatic N) is 3. The van der Waals surface area contributed by atoms with Gasteiger partial charge in [-0.3, -0.25) is 9.97 Å². The summed E-state index contributed by atoms with van der Waals surface area (Å²) in [7, 11) is 0. The first kappa shape index (κ1) is 17.9. The summed E-state index contributed by atoms with van der Waals surface area (Å²) < 4.78 is 5.79. The van der Waals surface area contributed by atoms with Crippen LogP contribution in [0.4, 0.5) is 10.5 Å². The molecule has 1 aliphatic heterocycles. The van der Waals surface area contributed by atoms with Crippen LogP contribution in [0.1, 0.15) is 32.9 Å². The molecule has 136 valence electrons. The zero-order valence-corrected chi connectivity index (χ0v) is 15.4. The van der Waals surface area contributed by atoms with Gasteiger partial charge < -0.3 is 15.0 Å². The van der Waals surface area contributed by atoms with Gasteiger partial charge in [-0.15, -0.1) is 0 Å². The van der Waals surface area contributed by atoms with Crippen molar-refractivity contribution in [3.8, 4) is 5.75 Å². The van der Waals surface area contributed by atoms with E-state index >= 15 is 0 Å². The Morgan fingerprint density at radius 1 is 1.19 bits per heavy atom. The van der Waals surface area contributed by atoms with Gasteiger partial charge in [0.2, 0.25) is 0 Å². The van der Waals surface area contributed by atoms with Crippen LogP contribution >= 0.6 is 0 Å². The second-order valence-corrected chi connectivity index (χ2v) is 7.18. The van der Waals surface area contributed by atoms with Crippen LogP contribution in [0.5, 0.6) is 5.75 Å². The van der Waals surface area contributed by atoms with Crippen molar-refractivity contribution in [3.05, 3.63) is 54.6 Å². The lowest BCUT2D eigenvalue weighted by atomic mass is 10.1. The fraction of sp³-hybridized carbons (Fsp3) is 0.350. The Hall–Kier alpha value is -2.89. The van der Waals surface area contributed by atoms with Gasteiger partial charge in [-0.2, -0.15) is 0 Å². The molecule has 26 heavy (non-hydrogen) atoms. The summed E-state index contributed by atoms with van der Waals surface area (Å²) in [6.07, 6.45) is 7.90. The first-order valence-electron chi connectivity index (χ1n) is 8.71. The van der Waals surface area contributed by atoms with Crippen LogP contribution < -0.4 is 10.1 Å². The maximum atomic E-state index is 12.5. The number of carbonyl (C=O) groups excluding carboxylic acids is 1. The van der Waals surface area contributed by atoms with E-state index in [1.54, 1.807) is 23.5 Å². The molecule has 0 aliphatic carbocycles. The first-order valence-corrected chi connectivity index (χ1v) is 8.71. The van der Waals surface area contributed by atoms with Gasteiger partial charge in [0.15, 0.2) is 0 Å². The van der Waals surface area contributed by atoms with E-state index in [1.807, 2.05) is 51.1 Å². The lowest BCUT2D eigenvalue weighted by Gasteiger charge is -2.26. The molecule has 1 aromatic carbocycles. The minimum Gasteiger partial charge on any atom is -0.488 e. The molecule has 0 bridgehead atoms. The summed E-state index contributed by atoms with van der Waals surface area (Å²) in [6.45, 7) is 7.22. The van der Waals surface area contributed by atoms with Gasteiger partial charge in [0.25, 0.3) is 0 Å². The third-order valence-corrected chi connectivity index (χ3v) is 3.92. The zero-order valence-electron chi connectivity index (χ0n) is 15.4. The number of anilines is 1. The van der Waals surface area contributed by atoms with Crippen molar-refractivity contribution in [3.63, 3.8) is 0 Å². The summed E-state index contributed by atoms with van der Waals surface area (Å²) >= 11 is 0. The van der Waals surface area contributed by atoms with Crippen molar-refractivity contribution in [2.75, 3.05) is 18.4 Å². The molecule has 1 aliphatic rings. The lowest BCUT2D eigenvalue weighted by molar-refractivity contribution is 0.131. The highest BCUT2D eigenvalue weighted by Crippen LogP contribution is 2.22. The van der Waals surface area contributed by atoms with Crippen LogP contribution in [0.3, 0.4) is 0 Å². The fourth-order valence-corrected chi connectivity index (χ4v) is 2.71. The molecular weight excluding hydrogens is 328 g/mol. The smallest absolute Gasteiger partial charge is 0.322 e. The predicted molar refractivity (Wildman–Crippen MR) is 102 cm³/mol. The molecule has 0 saturated heterocycles.